The molecule has 0 unspecified atom stereocenters. The molecule has 1 aromatic heterocycles. The Hall–Kier alpha value is -1.75. The van der Waals surface area contributed by atoms with Gasteiger partial charge in [0, 0.05) is 18.4 Å². The minimum Gasteiger partial charge on any atom is -0.351 e. The minimum atomic E-state index is -0.172. The Bertz CT molecular complexity index is 553. The summed E-state index contributed by atoms with van der Waals surface area (Å²) in [5.74, 6) is 0.0216. The highest BCUT2D eigenvalue weighted by Crippen LogP contribution is 2.20. The lowest BCUT2D eigenvalue weighted by molar-refractivity contribution is -0.120. The van der Waals surface area contributed by atoms with Gasteiger partial charge in [-0.15, -0.1) is 0 Å². The summed E-state index contributed by atoms with van der Waals surface area (Å²) in [6.07, 6.45) is 2.74. The summed E-state index contributed by atoms with van der Waals surface area (Å²) in [5, 5.41) is 3.56. The van der Waals surface area contributed by atoms with Crippen LogP contribution < -0.4 is 5.32 Å². The highest BCUT2D eigenvalue weighted by molar-refractivity contribution is 8.00. The first-order valence-corrected chi connectivity index (χ1v) is 7.59. The SMILES string of the molecule is CCc1cnc(S[C@H](C)C(=O)NCc2ccccc2)[nH]1. The van der Waals surface area contributed by atoms with Gasteiger partial charge in [0.05, 0.1) is 5.25 Å². The highest BCUT2D eigenvalue weighted by atomic mass is 32.2. The molecule has 0 aliphatic carbocycles. The van der Waals surface area contributed by atoms with Crippen LogP contribution in [-0.2, 0) is 17.8 Å². The average molecular weight is 289 g/mol. The largest absolute Gasteiger partial charge is 0.351 e. The van der Waals surface area contributed by atoms with Crippen LogP contribution in [0.1, 0.15) is 25.1 Å². The number of hydrogen-bond acceptors (Lipinski definition) is 3. The summed E-state index contributed by atoms with van der Waals surface area (Å²) < 4.78 is 0. The Labute approximate surface area is 123 Å². The molecule has 0 aliphatic rings. The summed E-state index contributed by atoms with van der Waals surface area (Å²) >= 11 is 1.44. The van der Waals surface area contributed by atoms with Gasteiger partial charge in [0.25, 0.3) is 0 Å². The van der Waals surface area contributed by atoms with Crippen molar-refractivity contribution in [2.45, 2.75) is 37.2 Å². The fraction of sp³-hybridized carbons (Fsp3) is 0.333. The number of hydrogen-bond donors (Lipinski definition) is 2. The van der Waals surface area contributed by atoms with Gasteiger partial charge < -0.3 is 10.3 Å². The van der Waals surface area contributed by atoms with Crippen molar-refractivity contribution in [3.8, 4) is 0 Å². The van der Waals surface area contributed by atoms with E-state index >= 15 is 0 Å². The molecule has 4 nitrogen and oxygen atoms in total. The van der Waals surface area contributed by atoms with Gasteiger partial charge in [-0.2, -0.15) is 0 Å². The number of aryl methyl sites for hydroxylation is 1. The number of imidazole rings is 1. The van der Waals surface area contributed by atoms with E-state index in [1.54, 1.807) is 0 Å². The molecule has 0 fully saturated rings. The molecule has 2 aromatic rings. The molecule has 2 N–H and O–H groups in total. The standard InChI is InChI=1S/C15H19N3OS/c1-3-13-10-17-15(18-13)20-11(2)14(19)16-9-12-7-5-4-6-8-12/h4-8,10-11H,3,9H2,1-2H3,(H,16,19)(H,17,18)/t11-/m1/s1. The van der Waals surface area contributed by atoms with Crippen LogP contribution in [0.15, 0.2) is 41.7 Å². The predicted molar refractivity (Wildman–Crippen MR) is 81.6 cm³/mol. The lowest BCUT2D eigenvalue weighted by Gasteiger charge is -2.10. The molecule has 5 heteroatoms. The normalized spacial score (nSPS) is 12.1. The van der Waals surface area contributed by atoms with E-state index in [1.807, 2.05) is 43.5 Å². The van der Waals surface area contributed by atoms with Crippen molar-refractivity contribution in [2.24, 2.45) is 0 Å². The quantitative estimate of drug-likeness (QED) is 0.804. The van der Waals surface area contributed by atoms with Crippen molar-refractivity contribution in [3.63, 3.8) is 0 Å². The molecule has 1 atom stereocenters. The Balaban J connectivity index is 1.82. The molecule has 106 valence electrons. The van der Waals surface area contributed by atoms with E-state index in [0.29, 0.717) is 6.54 Å². The minimum absolute atomic E-state index is 0.0216. The maximum Gasteiger partial charge on any atom is 0.233 e. The van der Waals surface area contributed by atoms with Gasteiger partial charge in [-0.1, -0.05) is 49.0 Å². The molecule has 20 heavy (non-hydrogen) atoms. The average Bonchev–Trinajstić information content (AvgIpc) is 2.93. The van der Waals surface area contributed by atoms with Gasteiger partial charge in [0.2, 0.25) is 5.91 Å². The van der Waals surface area contributed by atoms with Crippen molar-refractivity contribution in [1.82, 2.24) is 15.3 Å². The van der Waals surface area contributed by atoms with E-state index in [9.17, 15) is 4.79 Å². The van der Waals surface area contributed by atoms with E-state index in [-0.39, 0.29) is 11.2 Å². The number of carbonyl (C=O) groups is 1. The van der Waals surface area contributed by atoms with Crippen LogP contribution in [0.4, 0.5) is 0 Å². The van der Waals surface area contributed by atoms with E-state index < -0.39 is 0 Å². The molecule has 0 spiro atoms. The molecule has 1 heterocycles. The first-order valence-electron chi connectivity index (χ1n) is 6.71. The number of H-pyrrole nitrogens is 1. The second-order valence-electron chi connectivity index (χ2n) is 4.53. The highest BCUT2D eigenvalue weighted by Gasteiger charge is 2.15. The zero-order chi connectivity index (χ0) is 14.4. The molecule has 1 aromatic carbocycles. The fourth-order valence-corrected chi connectivity index (χ4v) is 2.56. The second-order valence-corrected chi connectivity index (χ2v) is 5.86. The molecule has 1 amide bonds. The van der Waals surface area contributed by atoms with Crippen molar-refractivity contribution < 1.29 is 4.79 Å². The summed E-state index contributed by atoms with van der Waals surface area (Å²) in [5.41, 5.74) is 2.19. The Morgan fingerprint density at radius 1 is 1.40 bits per heavy atom. The zero-order valence-electron chi connectivity index (χ0n) is 11.7. The molecule has 0 bridgehead atoms. The number of nitrogens with zero attached hydrogens (tertiary/aromatic N) is 1. The lowest BCUT2D eigenvalue weighted by atomic mass is 10.2. The van der Waals surface area contributed by atoms with Crippen LogP contribution >= 0.6 is 11.8 Å². The molecular weight excluding hydrogens is 270 g/mol. The topological polar surface area (TPSA) is 57.8 Å². The molecular formula is C15H19N3OS. The van der Waals surface area contributed by atoms with Crippen LogP contribution in [0.25, 0.3) is 0 Å². The first kappa shape index (κ1) is 14.7. The van der Waals surface area contributed by atoms with Crippen molar-refractivity contribution in [1.29, 1.82) is 0 Å². The summed E-state index contributed by atoms with van der Waals surface area (Å²) in [6, 6.07) is 9.89. The Morgan fingerprint density at radius 3 is 2.80 bits per heavy atom. The number of aromatic amines is 1. The summed E-state index contributed by atoms with van der Waals surface area (Å²) in [7, 11) is 0. The number of amides is 1. The molecule has 0 saturated heterocycles. The van der Waals surface area contributed by atoms with Crippen molar-refractivity contribution in [3.05, 3.63) is 47.8 Å². The van der Waals surface area contributed by atoms with Gasteiger partial charge in [0.15, 0.2) is 5.16 Å². The summed E-state index contributed by atoms with van der Waals surface area (Å²) in [6.45, 7) is 4.51. The van der Waals surface area contributed by atoms with E-state index in [4.69, 9.17) is 0 Å². The smallest absolute Gasteiger partial charge is 0.233 e. The third kappa shape index (κ3) is 4.13. The Kier molecular flexibility index (Phi) is 5.24. The van der Waals surface area contributed by atoms with Crippen LogP contribution in [0.2, 0.25) is 0 Å². The maximum absolute atomic E-state index is 12.0. The predicted octanol–water partition coefficient (Wildman–Crippen LogP) is 2.77. The maximum atomic E-state index is 12.0. The number of thioether (sulfide) groups is 1. The second kappa shape index (κ2) is 7.14. The van der Waals surface area contributed by atoms with Crippen LogP contribution in [-0.4, -0.2) is 21.1 Å². The fourth-order valence-electron chi connectivity index (χ4n) is 1.73. The van der Waals surface area contributed by atoms with Gasteiger partial charge in [0.1, 0.15) is 0 Å². The number of benzene rings is 1. The number of carbonyl (C=O) groups excluding carboxylic acids is 1. The van der Waals surface area contributed by atoms with Crippen molar-refractivity contribution >= 4 is 17.7 Å². The number of nitrogens with one attached hydrogen (secondary N) is 2. The van der Waals surface area contributed by atoms with Crippen molar-refractivity contribution in [2.75, 3.05) is 0 Å². The zero-order valence-corrected chi connectivity index (χ0v) is 12.5. The van der Waals surface area contributed by atoms with E-state index in [0.717, 1.165) is 22.8 Å². The van der Waals surface area contributed by atoms with Crippen LogP contribution in [0, 0.1) is 0 Å². The van der Waals surface area contributed by atoms with Gasteiger partial charge in [-0.3, -0.25) is 4.79 Å². The summed E-state index contributed by atoms with van der Waals surface area (Å²) in [4.78, 5) is 19.5. The van der Waals surface area contributed by atoms with E-state index in [1.165, 1.54) is 11.8 Å². The monoisotopic (exact) mass is 289 g/mol. The van der Waals surface area contributed by atoms with E-state index in [2.05, 4.69) is 22.2 Å². The molecule has 0 aliphatic heterocycles. The van der Waals surface area contributed by atoms with Crippen LogP contribution in [0.3, 0.4) is 0 Å². The van der Waals surface area contributed by atoms with Gasteiger partial charge in [-0.25, -0.2) is 4.98 Å². The Morgan fingerprint density at radius 2 is 2.15 bits per heavy atom. The lowest BCUT2D eigenvalue weighted by Crippen LogP contribution is -2.30. The molecule has 0 saturated carbocycles. The number of aromatic nitrogens is 2. The number of rotatable bonds is 6. The molecule has 2 rings (SSSR count). The van der Waals surface area contributed by atoms with Gasteiger partial charge in [-0.05, 0) is 18.9 Å². The third-order valence-electron chi connectivity index (χ3n) is 2.95. The third-order valence-corrected chi connectivity index (χ3v) is 3.95. The van der Waals surface area contributed by atoms with Gasteiger partial charge >= 0.3 is 0 Å². The van der Waals surface area contributed by atoms with Crippen LogP contribution in [0.5, 0.6) is 0 Å². The first-order chi connectivity index (χ1) is 9.69. The molecule has 0 radical (unpaired) electrons.